The fraction of sp³-hybridized carbons (Fsp3) is 0.545. The van der Waals surface area contributed by atoms with Crippen LogP contribution in [0.2, 0.25) is 0 Å². The lowest BCUT2D eigenvalue weighted by Crippen LogP contribution is -2.53. The molecule has 0 atom stereocenters. The minimum absolute atomic E-state index is 0.121. The Labute approximate surface area is 187 Å². The van der Waals surface area contributed by atoms with Crippen LogP contribution in [-0.4, -0.2) is 94.7 Å². The molecule has 176 valence electrons. The topological polar surface area (TPSA) is 128 Å². The van der Waals surface area contributed by atoms with Crippen LogP contribution in [0.1, 0.15) is 25.3 Å². The average Bonchev–Trinajstić information content (AvgIpc) is 2.80. The maximum atomic E-state index is 12.8. The van der Waals surface area contributed by atoms with Crippen molar-refractivity contribution in [1.82, 2.24) is 14.7 Å². The summed E-state index contributed by atoms with van der Waals surface area (Å²) in [6, 6.07) is 10.5. The van der Waals surface area contributed by atoms with Gasteiger partial charge in [-0.05, 0) is 38.4 Å². The summed E-state index contributed by atoms with van der Waals surface area (Å²) >= 11 is 0. The molecular weight excluding hydrogens is 418 g/mol. The Balaban J connectivity index is 0.000000534. The third-order valence-electron chi connectivity index (χ3n) is 5.49. The van der Waals surface area contributed by atoms with Crippen LogP contribution in [0, 0.1) is 5.92 Å². The summed E-state index contributed by atoms with van der Waals surface area (Å²) in [5.74, 6) is -3.27. The van der Waals surface area contributed by atoms with Crippen LogP contribution in [0.5, 0.6) is 0 Å². The summed E-state index contributed by atoms with van der Waals surface area (Å²) in [5, 5.41) is 14.8. The van der Waals surface area contributed by atoms with E-state index in [2.05, 4.69) is 29.2 Å². The molecule has 0 radical (unpaired) electrons. The normalized spacial score (nSPS) is 17.2. The number of hydrogen-bond donors (Lipinski definition) is 2. The predicted octanol–water partition coefficient (Wildman–Crippen LogP) is 1.35. The Hall–Kier alpha value is -3.14. The smallest absolute Gasteiger partial charge is 0.414 e. The highest BCUT2D eigenvalue weighted by atomic mass is 16.6. The van der Waals surface area contributed by atoms with Crippen molar-refractivity contribution in [1.29, 1.82) is 0 Å². The molecule has 2 fully saturated rings. The van der Waals surface area contributed by atoms with E-state index in [9.17, 15) is 9.59 Å². The quantitative estimate of drug-likeness (QED) is 0.660. The van der Waals surface area contributed by atoms with Gasteiger partial charge in [0.2, 0.25) is 5.91 Å². The lowest BCUT2D eigenvalue weighted by Gasteiger charge is -2.38. The Morgan fingerprint density at radius 2 is 1.41 bits per heavy atom. The van der Waals surface area contributed by atoms with Crippen LogP contribution in [0.3, 0.4) is 0 Å². The number of hydrogen-bond acceptors (Lipinski definition) is 6. The number of amides is 2. The van der Waals surface area contributed by atoms with E-state index >= 15 is 0 Å². The monoisotopic (exact) mass is 449 g/mol. The van der Waals surface area contributed by atoms with Crippen LogP contribution >= 0.6 is 0 Å². The van der Waals surface area contributed by atoms with Gasteiger partial charge in [-0.25, -0.2) is 14.4 Å². The highest BCUT2D eigenvalue weighted by molar-refractivity contribution is 6.27. The molecule has 1 aromatic rings. The molecule has 0 unspecified atom stereocenters. The molecule has 32 heavy (non-hydrogen) atoms. The Kier molecular flexibility index (Phi) is 9.93. The second-order valence-corrected chi connectivity index (χ2v) is 7.66. The van der Waals surface area contributed by atoms with E-state index in [1.165, 1.54) is 5.56 Å². The van der Waals surface area contributed by atoms with Crippen molar-refractivity contribution in [2.45, 2.75) is 26.3 Å². The van der Waals surface area contributed by atoms with Crippen LogP contribution in [0.15, 0.2) is 30.3 Å². The predicted molar refractivity (Wildman–Crippen MR) is 115 cm³/mol. The van der Waals surface area contributed by atoms with Gasteiger partial charge in [-0.1, -0.05) is 30.3 Å². The lowest BCUT2D eigenvalue weighted by atomic mass is 9.94. The van der Waals surface area contributed by atoms with Gasteiger partial charge in [-0.15, -0.1) is 0 Å². The largest absolute Gasteiger partial charge is 0.473 e. The van der Waals surface area contributed by atoms with Crippen LogP contribution in [0.25, 0.3) is 0 Å². The Bertz CT molecular complexity index is 759. The zero-order valence-corrected chi connectivity index (χ0v) is 18.3. The van der Waals surface area contributed by atoms with Gasteiger partial charge in [0.1, 0.15) is 0 Å². The fourth-order valence-electron chi connectivity index (χ4n) is 3.76. The van der Waals surface area contributed by atoms with E-state index in [1.54, 1.807) is 4.90 Å². The van der Waals surface area contributed by atoms with E-state index in [4.69, 9.17) is 24.5 Å². The number of aliphatic carboxylic acids is 2. The van der Waals surface area contributed by atoms with E-state index in [1.807, 2.05) is 17.9 Å². The summed E-state index contributed by atoms with van der Waals surface area (Å²) in [5.41, 5.74) is 1.33. The molecule has 0 spiro atoms. The molecule has 10 heteroatoms. The highest BCUT2D eigenvalue weighted by Gasteiger charge is 2.31. The number of rotatable bonds is 4. The second kappa shape index (κ2) is 12.7. The summed E-state index contributed by atoms with van der Waals surface area (Å²) in [6.45, 7) is 7.45. The Morgan fingerprint density at radius 1 is 0.875 bits per heavy atom. The van der Waals surface area contributed by atoms with Crippen molar-refractivity contribution < 1.29 is 34.1 Å². The minimum atomic E-state index is -1.82. The van der Waals surface area contributed by atoms with E-state index < -0.39 is 11.9 Å². The molecule has 2 heterocycles. The van der Waals surface area contributed by atoms with Crippen molar-refractivity contribution in [3.8, 4) is 0 Å². The minimum Gasteiger partial charge on any atom is -0.473 e. The standard InChI is InChI=1S/C20H29N3O3.C2H2O4/c1-2-26-20(25)23-14-12-22(13-15-23)19(24)18-8-10-21(11-9-18)16-17-6-4-3-5-7-17;3-1(4)2(5)6/h3-7,18H,2,8-16H2,1H3;(H,3,4)(H,5,6). The number of piperidine rings is 1. The molecule has 10 nitrogen and oxygen atoms in total. The van der Waals surface area contributed by atoms with Crippen molar-refractivity contribution in [2.75, 3.05) is 45.9 Å². The fourth-order valence-corrected chi connectivity index (χ4v) is 3.76. The van der Waals surface area contributed by atoms with Crippen molar-refractivity contribution in [3.05, 3.63) is 35.9 Å². The number of likely N-dealkylation sites (tertiary alicyclic amines) is 1. The first-order chi connectivity index (χ1) is 15.3. The van der Waals surface area contributed by atoms with Gasteiger partial charge in [0.15, 0.2) is 0 Å². The van der Waals surface area contributed by atoms with Crippen LogP contribution in [-0.2, 0) is 25.7 Å². The number of carbonyl (C=O) groups is 4. The molecule has 0 saturated carbocycles. The summed E-state index contributed by atoms with van der Waals surface area (Å²) in [6.07, 6.45) is 1.57. The first-order valence-electron chi connectivity index (χ1n) is 10.7. The van der Waals surface area contributed by atoms with Crippen molar-refractivity contribution in [2.24, 2.45) is 5.92 Å². The first kappa shape index (κ1) is 25.1. The summed E-state index contributed by atoms with van der Waals surface area (Å²) in [7, 11) is 0. The van der Waals surface area contributed by atoms with Gasteiger partial charge < -0.3 is 24.7 Å². The number of benzene rings is 1. The summed E-state index contributed by atoms with van der Waals surface area (Å²) < 4.78 is 5.03. The Morgan fingerprint density at radius 3 is 1.91 bits per heavy atom. The molecule has 2 amide bonds. The van der Waals surface area contributed by atoms with Gasteiger partial charge in [-0.3, -0.25) is 9.69 Å². The van der Waals surface area contributed by atoms with Crippen LogP contribution in [0.4, 0.5) is 4.79 Å². The molecule has 0 aliphatic carbocycles. The second-order valence-electron chi connectivity index (χ2n) is 7.66. The molecule has 3 rings (SSSR count). The number of carboxylic acids is 2. The maximum Gasteiger partial charge on any atom is 0.414 e. The van der Waals surface area contributed by atoms with Gasteiger partial charge in [0.05, 0.1) is 6.61 Å². The first-order valence-corrected chi connectivity index (χ1v) is 10.7. The number of carbonyl (C=O) groups excluding carboxylic acids is 2. The molecule has 2 N–H and O–H groups in total. The van der Waals surface area contributed by atoms with E-state index in [0.29, 0.717) is 32.8 Å². The maximum absolute atomic E-state index is 12.8. The van der Waals surface area contributed by atoms with E-state index in [-0.39, 0.29) is 17.9 Å². The third-order valence-corrected chi connectivity index (χ3v) is 5.49. The molecular formula is C22H31N3O7. The third kappa shape index (κ3) is 7.84. The molecule has 2 aliphatic rings. The SMILES string of the molecule is CCOC(=O)N1CCN(C(=O)C2CCN(Cc3ccccc3)CC2)CC1.O=C(O)C(=O)O. The lowest BCUT2D eigenvalue weighted by molar-refractivity contribution is -0.159. The highest BCUT2D eigenvalue weighted by Crippen LogP contribution is 2.22. The van der Waals surface area contributed by atoms with Crippen molar-refractivity contribution in [3.63, 3.8) is 0 Å². The molecule has 2 saturated heterocycles. The van der Waals surface area contributed by atoms with Gasteiger partial charge in [0.25, 0.3) is 0 Å². The number of piperazine rings is 1. The van der Waals surface area contributed by atoms with Gasteiger partial charge in [0, 0.05) is 38.6 Å². The zero-order chi connectivity index (χ0) is 23.5. The van der Waals surface area contributed by atoms with E-state index in [0.717, 1.165) is 32.5 Å². The number of carboxylic acid groups (broad SMARTS) is 2. The molecule has 0 bridgehead atoms. The van der Waals surface area contributed by atoms with Gasteiger partial charge >= 0.3 is 18.0 Å². The molecule has 0 aromatic heterocycles. The number of nitrogens with zero attached hydrogens (tertiary/aromatic N) is 3. The summed E-state index contributed by atoms with van der Waals surface area (Å²) in [4.78, 5) is 48.8. The van der Waals surface area contributed by atoms with Crippen molar-refractivity contribution >= 4 is 23.9 Å². The van der Waals surface area contributed by atoms with Gasteiger partial charge in [-0.2, -0.15) is 0 Å². The zero-order valence-electron chi connectivity index (χ0n) is 18.3. The average molecular weight is 450 g/mol. The van der Waals surface area contributed by atoms with Crippen LogP contribution < -0.4 is 0 Å². The molecule has 1 aromatic carbocycles. The molecule has 2 aliphatic heterocycles. The number of ether oxygens (including phenoxy) is 1.